The molecule has 6 heteroatoms. The van der Waals surface area contributed by atoms with Gasteiger partial charge >= 0.3 is 5.97 Å². The van der Waals surface area contributed by atoms with E-state index >= 15 is 0 Å². The van der Waals surface area contributed by atoms with Gasteiger partial charge in [0.2, 0.25) is 5.91 Å². The Hall–Kier alpha value is -2.86. The van der Waals surface area contributed by atoms with Crippen LogP contribution in [0.3, 0.4) is 0 Å². The number of ether oxygens (including phenoxy) is 2. The van der Waals surface area contributed by atoms with Crippen molar-refractivity contribution in [3.8, 4) is 5.75 Å². The molecule has 1 aliphatic heterocycles. The molecule has 0 aromatic heterocycles. The summed E-state index contributed by atoms with van der Waals surface area (Å²) < 4.78 is 10.6. The van der Waals surface area contributed by atoms with E-state index < -0.39 is 18.1 Å². The number of β-lactam (4-membered cyclic amide) rings is 1. The minimum Gasteiger partial charge on any atom is -0.489 e. The maximum absolute atomic E-state index is 12.1. The van der Waals surface area contributed by atoms with E-state index in [0.29, 0.717) is 24.5 Å². The average molecular weight is 340 g/mol. The number of carbonyl (C=O) groups is 2. The Morgan fingerprint density at radius 2 is 1.88 bits per heavy atom. The van der Waals surface area contributed by atoms with E-state index in [2.05, 4.69) is 0 Å². The Morgan fingerprint density at radius 3 is 2.44 bits per heavy atom. The molecule has 3 rings (SSSR count). The fraction of sp³-hybridized carbons (Fsp3) is 0.263. The van der Waals surface area contributed by atoms with Crippen molar-refractivity contribution in [3.63, 3.8) is 0 Å². The smallest absolute Gasteiger partial charge is 0.333 e. The maximum atomic E-state index is 12.1. The third kappa shape index (κ3) is 3.64. The molecule has 1 heterocycles. The highest BCUT2D eigenvalue weighted by Crippen LogP contribution is 2.29. The van der Waals surface area contributed by atoms with Gasteiger partial charge in [0.25, 0.3) is 0 Å². The molecule has 0 saturated carbocycles. The summed E-state index contributed by atoms with van der Waals surface area (Å²) in [5, 5.41) is 0. The summed E-state index contributed by atoms with van der Waals surface area (Å²) in [5.74, 6) is -0.0548. The second-order valence-corrected chi connectivity index (χ2v) is 5.87. The van der Waals surface area contributed by atoms with Crippen molar-refractivity contribution >= 4 is 11.9 Å². The van der Waals surface area contributed by atoms with Gasteiger partial charge in [0.15, 0.2) is 6.04 Å². The monoisotopic (exact) mass is 340 g/mol. The number of hydrogen-bond donors (Lipinski definition) is 1. The van der Waals surface area contributed by atoms with Gasteiger partial charge in [-0.25, -0.2) is 4.79 Å². The second-order valence-electron chi connectivity index (χ2n) is 5.87. The Kier molecular flexibility index (Phi) is 5.00. The summed E-state index contributed by atoms with van der Waals surface area (Å²) in [5.41, 5.74) is 7.36. The summed E-state index contributed by atoms with van der Waals surface area (Å²) in [6, 6.07) is 15.6. The number of amides is 1. The third-order valence-electron chi connectivity index (χ3n) is 4.17. The highest BCUT2D eigenvalue weighted by Gasteiger charge is 2.42. The molecule has 2 aromatic carbocycles. The Balaban J connectivity index is 1.70. The molecule has 1 aliphatic rings. The number of carbonyl (C=O) groups excluding carboxylic acids is 2. The lowest BCUT2D eigenvalue weighted by Crippen LogP contribution is -2.62. The first kappa shape index (κ1) is 17.0. The molecule has 0 spiro atoms. The van der Waals surface area contributed by atoms with Gasteiger partial charge in [-0.3, -0.25) is 4.79 Å². The number of methoxy groups -OCH3 is 1. The van der Waals surface area contributed by atoms with Crippen molar-refractivity contribution in [2.24, 2.45) is 5.73 Å². The number of nitrogens with zero attached hydrogens (tertiary/aromatic N) is 1. The van der Waals surface area contributed by atoms with Gasteiger partial charge in [0, 0.05) is 6.54 Å². The Bertz CT molecular complexity index is 746. The molecule has 1 fully saturated rings. The summed E-state index contributed by atoms with van der Waals surface area (Å²) in [6.07, 6.45) is 0. The molecule has 1 unspecified atom stereocenters. The minimum atomic E-state index is -0.777. The van der Waals surface area contributed by atoms with E-state index in [1.807, 2.05) is 30.3 Å². The molecule has 0 radical (unpaired) electrons. The average Bonchev–Trinajstić information content (AvgIpc) is 2.67. The highest BCUT2D eigenvalue weighted by molar-refractivity contribution is 5.92. The summed E-state index contributed by atoms with van der Waals surface area (Å²) >= 11 is 0. The van der Waals surface area contributed by atoms with Gasteiger partial charge in [0.1, 0.15) is 18.4 Å². The van der Waals surface area contributed by atoms with Crippen LogP contribution in [0.5, 0.6) is 5.75 Å². The molecule has 2 N–H and O–H groups in total. The van der Waals surface area contributed by atoms with Crippen LogP contribution in [-0.2, 0) is 20.9 Å². The van der Waals surface area contributed by atoms with Crippen molar-refractivity contribution in [1.29, 1.82) is 0 Å². The van der Waals surface area contributed by atoms with Gasteiger partial charge in [-0.2, -0.15) is 0 Å². The van der Waals surface area contributed by atoms with E-state index in [1.54, 1.807) is 24.3 Å². The van der Waals surface area contributed by atoms with Crippen LogP contribution in [0.25, 0.3) is 0 Å². The molecule has 0 bridgehead atoms. The summed E-state index contributed by atoms with van der Waals surface area (Å²) in [6.45, 7) is 0.797. The zero-order valence-corrected chi connectivity index (χ0v) is 13.9. The predicted molar refractivity (Wildman–Crippen MR) is 91.7 cm³/mol. The quantitative estimate of drug-likeness (QED) is 0.639. The molecule has 130 valence electrons. The highest BCUT2D eigenvalue weighted by atomic mass is 16.5. The lowest BCUT2D eigenvalue weighted by atomic mass is 9.98. The zero-order chi connectivity index (χ0) is 17.8. The van der Waals surface area contributed by atoms with E-state index in [9.17, 15) is 9.59 Å². The van der Waals surface area contributed by atoms with Crippen molar-refractivity contribution < 1.29 is 19.1 Å². The van der Waals surface area contributed by atoms with Gasteiger partial charge in [-0.05, 0) is 23.3 Å². The Morgan fingerprint density at radius 1 is 1.20 bits per heavy atom. The normalized spacial score (nSPS) is 17.6. The number of likely N-dealkylation sites (tertiary alicyclic amines) is 1. The van der Waals surface area contributed by atoms with Crippen molar-refractivity contribution in [3.05, 3.63) is 65.7 Å². The maximum Gasteiger partial charge on any atom is 0.333 e. The Labute approximate surface area is 146 Å². The van der Waals surface area contributed by atoms with Crippen LogP contribution in [-0.4, -0.2) is 36.5 Å². The van der Waals surface area contributed by atoms with E-state index in [4.69, 9.17) is 15.2 Å². The first-order chi connectivity index (χ1) is 12.1. The van der Waals surface area contributed by atoms with Gasteiger partial charge in [-0.15, -0.1) is 0 Å². The third-order valence-corrected chi connectivity index (χ3v) is 4.17. The van der Waals surface area contributed by atoms with Crippen LogP contribution in [0.15, 0.2) is 54.6 Å². The molecular formula is C19H20N2O4. The topological polar surface area (TPSA) is 81.9 Å². The van der Waals surface area contributed by atoms with Gasteiger partial charge in [0.05, 0.1) is 7.11 Å². The van der Waals surface area contributed by atoms with E-state index in [1.165, 1.54) is 12.0 Å². The number of benzene rings is 2. The van der Waals surface area contributed by atoms with Crippen LogP contribution in [0.4, 0.5) is 0 Å². The van der Waals surface area contributed by atoms with Gasteiger partial charge < -0.3 is 20.1 Å². The lowest BCUT2D eigenvalue weighted by molar-refractivity contribution is -0.160. The molecule has 0 aliphatic carbocycles. The zero-order valence-electron chi connectivity index (χ0n) is 13.9. The molecule has 2 aromatic rings. The van der Waals surface area contributed by atoms with Crippen molar-refractivity contribution in [2.75, 3.05) is 13.7 Å². The van der Waals surface area contributed by atoms with Crippen molar-refractivity contribution in [1.82, 2.24) is 4.90 Å². The second kappa shape index (κ2) is 7.36. The van der Waals surface area contributed by atoms with Crippen LogP contribution in [0.1, 0.15) is 17.2 Å². The molecule has 6 nitrogen and oxygen atoms in total. The molecule has 25 heavy (non-hydrogen) atoms. The summed E-state index contributed by atoms with van der Waals surface area (Å²) in [7, 11) is 1.30. The van der Waals surface area contributed by atoms with Crippen LogP contribution >= 0.6 is 0 Å². The SMILES string of the molecule is COC(=O)C(c1ccc(OCc2ccccc2)cc1)N1C[C@@H](N)C1=O. The number of esters is 1. The molecule has 2 atom stereocenters. The van der Waals surface area contributed by atoms with E-state index in [0.717, 1.165) is 5.56 Å². The fourth-order valence-electron chi connectivity index (χ4n) is 2.76. The van der Waals surface area contributed by atoms with Crippen molar-refractivity contribution in [2.45, 2.75) is 18.7 Å². The number of hydrogen-bond acceptors (Lipinski definition) is 5. The first-order valence-corrected chi connectivity index (χ1v) is 8.00. The molecule has 1 saturated heterocycles. The lowest BCUT2D eigenvalue weighted by Gasteiger charge is -2.40. The van der Waals surface area contributed by atoms with Gasteiger partial charge in [-0.1, -0.05) is 42.5 Å². The summed E-state index contributed by atoms with van der Waals surface area (Å²) in [4.78, 5) is 25.4. The largest absolute Gasteiger partial charge is 0.489 e. The van der Waals surface area contributed by atoms with Crippen LogP contribution in [0, 0.1) is 0 Å². The molecule has 1 amide bonds. The minimum absolute atomic E-state index is 0.250. The molecular weight excluding hydrogens is 320 g/mol. The number of nitrogens with two attached hydrogens (primary N) is 1. The van der Waals surface area contributed by atoms with E-state index in [-0.39, 0.29) is 5.91 Å². The van der Waals surface area contributed by atoms with Crippen LogP contribution in [0.2, 0.25) is 0 Å². The first-order valence-electron chi connectivity index (χ1n) is 8.00. The number of rotatable bonds is 6. The standard InChI is InChI=1S/C19H20N2O4/c1-24-19(23)17(21-11-16(20)18(21)22)14-7-9-15(10-8-14)25-12-13-5-3-2-4-6-13/h2-10,16-17H,11-12,20H2,1H3/t16-,17?/m1/s1. The van der Waals surface area contributed by atoms with Crippen LogP contribution < -0.4 is 10.5 Å². The fourth-order valence-corrected chi connectivity index (χ4v) is 2.76. The predicted octanol–water partition coefficient (Wildman–Crippen LogP) is 1.65.